The Morgan fingerprint density at radius 3 is 2.15 bits per heavy atom. The van der Waals surface area contributed by atoms with Gasteiger partial charge in [0.1, 0.15) is 11.5 Å². The number of aryl methyl sites for hydroxylation is 1. The Morgan fingerprint density at radius 2 is 1.59 bits per heavy atom. The molecule has 1 aliphatic heterocycles. The van der Waals surface area contributed by atoms with Gasteiger partial charge in [0.15, 0.2) is 29.7 Å². The van der Waals surface area contributed by atoms with Crippen molar-refractivity contribution in [2.45, 2.75) is 66.2 Å². The largest absolute Gasteiger partial charge is 0.493 e. The first-order chi connectivity index (χ1) is 19.3. The van der Waals surface area contributed by atoms with Crippen LogP contribution in [0.4, 0.5) is 5.69 Å². The van der Waals surface area contributed by atoms with Crippen molar-refractivity contribution in [3.63, 3.8) is 0 Å². The average molecular weight is 623 g/mol. The molecule has 2 aromatic rings. The van der Waals surface area contributed by atoms with Gasteiger partial charge in [-0.25, -0.2) is 0 Å². The number of hydrogen-bond donors (Lipinski definition) is 1. The van der Waals surface area contributed by atoms with Crippen LogP contribution in [-0.2, 0) is 19.1 Å². The van der Waals surface area contributed by atoms with Gasteiger partial charge in [-0.1, -0.05) is 39.8 Å². The van der Waals surface area contributed by atoms with Gasteiger partial charge in [-0.05, 0) is 69.1 Å². The number of ether oxygens (including phenoxy) is 3. The first-order valence-corrected chi connectivity index (χ1v) is 14.6. The van der Waals surface area contributed by atoms with E-state index in [-0.39, 0.29) is 34.9 Å². The van der Waals surface area contributed by atoms with Crippen molar-refractivity contribution in [1.29, 1.82) is 0 Å². The zero-order chi connectivity index (χ0) is 29.7. The molecule has 0 saturated heterocycles. The van der Waals surface area contributed by atoms with Gasteiger partial charge in [-0.15, -0.1) is 0 Å². The Morgan fingerprint density at radius 1 is 0.976 bits per heavy atom. The summed E-state index contributed by atoms with van der Waals surface area (Å²) < 4.78 is 18.6. The lowest BCUT2D eigenvalue weighted by Gasteiger charge is -2.42. The van der Waals surface area contributed by atoms with Gasteiger partial charge in [-0.2, -0.15) is 0 Å². The quantitative estimate of drug-likeness (QED) is 0.367. The molecule has 2 aromatic carbocycles. The molecule has 1 heterocycles. The molecule has 0 spiro atoms. The van der Waals surface area contributed by atoms with E-state index in [1.54, 1.807) is 6.07 Å². The predicted molar refractivity (Wildman–Crippen MR) is 160 cm³/mol. The number of rotatable bonds is 6. The van der Waals surface area contributed by atoms with Crippen molar-refractivity contribution in [2.75, 3.05) is 19.0 Å². The van der Waals surface area contributed by atoms with Gasteiger partial charge in [0.2, 0.25) is 0 Å². The molecule has 8 heteroatoms. The number of benzene rings is 2. The number of anilines is 1. The molecule has 0 aromatic heterocycles. The van der Waals surface area contributed by atoms with E-state index >= 15 is 0 Å². The summed E-state index contributed by atoms with van der Waals surface area (Å²) in [4.78, 5) is 39.8. The second kappa shape index (κ2) is 10.8. The number of methoxy groups -OCH3 is 1. The molecule has 0 fully saturated rings. The van der Waals surface area contributed by atoms with Crippen LogP contribution in [0, 0.1) is 17.8 Å². The maximum absolute atomic E-state index is 13.6. The molecule has 5 rings (SSSR count). The molecule has 0 unspecified atom stereocenters. The van der Waals surface area contributed by atoms with Crippen LogP contribution in [0.5, 0.6) is 11.5 Å². The highest BCUT2D eigenvalue weighted by Gasteiger charge is 2.48. The minimum Gasteiger partial charge on any atom is -0.493 e. The first-order valence-electron chi connectivity index (χ1n) is 13.8. The van der Waals surface area contributed by atoms with Crippen LogP contribution in [-0.4, -0.2) is 31.2 Å². The van der Waals surface area contributed by atoms with E-state index in [2.05, 4.69) is 48.9 Å². The van der Waals surface area contributed by atoms with E-state index in [9.17, 15) is 14.4 Å². The van der Waals surface area contributed by atoms with Gasteiger partial charge in [-0.3, -0.25) is 14.4 Å². The van der Waals surface area contributed by atoms with Gasteiger partial charge in [0.05, 0.1) is 11.6 Å². The van der Waals surface area contributed by atoms with E-state index in [1.165, 1.54) is 7.11 Å². The third-order valence-electron chi connectivity index (χ3n) is 7.82. The van der Waals surface area contributed by atoms with Gasteiger partial charge in [0.25, 0.3) is 5.91 Å². The Balaban J connectivity index is 1.50. The van der Waals surface area contributed by atoms with E-state index in [0.717, 1.165) is 11.1 Å². The lowest BCUT2D eigenvalue weighted by atomic mass is 9.65. The number of allylic oxidation sites excluding steroid dienone is 4. The molecule has 0 bridgehead atoms. The Kier molecular flexibility index (Phi) is 7.66. The summed E-state index contributed by atoms with van der Waals surface area (Å²) in [5.41, 5.74) is 3.09. The smallest absolute Gasteiger partial charge is 0.262 e. The Labute approximate surface area is 249 Å². The summed E-state index contributed by atoms with van der Waals surface area (Å²) in [6, 6.07) is 11.2. The second-order valence-corrected chi connectivity index (χ2v) is 13.7. The molecular formula is C33H36BrNO6. The number of carbonyl (C=O) groups is 3. The Bertz CT molecular complexity index is 1460. The third kappa shape index (κ3) is 5.98. The molecule has 0 atom stereocenters. The number of Topliss-reactive ketones (excluding diaryl/α,β-unsaturated/α-hetero) is 2. The topological polar surface area (TPSA) is 90.9 Å². The summed E-state index contributed by atoms with van der Waals surface area (Å²) in [5.74, 6) is 1.17. The maximum atomic E-state index is 13.6. The molecule has 1 N–H and O–H groups in total. The minimum atomic E-state index is -0.565. The minimum absolute atomic E-state index is 0.00586. The van der Waals surface area contributed by atoms with E-state index in [1.807, 2.05) is 37.3 Å². The average Bonchev–Trinajstić information content (AvgIpc) is 2.84. The van der Waals surface area contributed by atoms with Crippen LogP contribution in [0.3, 0.4) is 0 Å². The lowest BCUT2D eigenvalue weighted by Crippen LogP contribution is -2.37. The number of hydrogen-bond acceptors (Lipinski definition) is 6. The third-order valence-corrected chi connectivity index (χ3v) is 8.41. The van der Waals surface area contributed by atoms with Crippen LogP contribution in [0.2, 0.25) is 0 Å². The normalized spacial score (nSPS) is 19.8. The van der Waals surface area contributed by atoms with Crippen LogP contribution in [0.25, 0.3) is 0 Å². The van der Waals surface area contributed by atoms with Crippen LogP contribution in [0.15, 0.2) is 63.5 Å². The number of nitrogens with one attached hydrogen (secondary N) is 1. The van der Waals surface area contributed by atoms with E-state index in [4.69, 9.17) is 14.2 Å². The highest BCUT2D eigenvalue weighted by molar-refractivity contribution is 9.10. The van der Waals surface area contributed by atoms with Gasteiger partial charge in [0, 0.05) is 48.4 Å². The number of halogens is 1. The Hall–Kier alpha value is -3.39. The fraction of sp³-hybridized carbons (Fsp3) is 0.424. The van der Waals surface area contributed by atoms with Crippen molar-refractivity contribution < 1.29 is 28.6 Å². The fourth-order valence-corrected chi connectivity index (χ4v) is 6.69. The second-order valence-electron chi connectivity index (χ2n) is 12.8. The molecule has 0 radical (unpaired) electrons. The van der Waals surface area contributed by atoms with Crippen molar-refractivity contribution in [2.24, 2.45) is 10.8 Å². The zero-order valence-corrected chi connectivity index (χ0v) is 26.0. The predicted octanol–water partition coefficient (Wildman–Crippen LogP) is 7.18. The van der Waals surface area contributed by atoms with Gasteiger partial charge >= 0.3 is 0 Å². The molecule has 1 amide bonds. The SMILES string of the molecule is COc1cc(C2C3=C(CC(C)(C)CC3=O)OC3=C2C(=O)CC(C)(C)C3)cc(Br)c1OCC(=O)Nc1cccc(C)c1. The standard InChI is InChI=1S/C33H36BrNO6/c1-18-8-7-9-20(10-18)35-27(38)17-40-31-21(34)11-19(12-24(31)39-6)28-29-22(36)13-32(2,3)15-25(29)41-26-16-33(4,5)14-23(37)30(26)28/h7-12,28H,13-17H2,1-6H3,(H,35,38). The van der Waals surface area contributed by atoms with E-state index in [0.29, 0.717) is 70.0 Å². The molecule has 3 aliphatic rings. The van der Waals surface area contributed by atoms with Crippen molar-refractivity contribution in [3.05, 3.63) is 74.7 Å². The summed E-state index contributed by atoms with van der Waals surface area (Å²) >= 11 is 3.60. The summed E-state index contributed by atoms with van der Waals surface area (Å²) in [6.07, 6.45) is 1.99. The molecule has 0 saturated carbocycles. The molecule has 41 heavy (non-hydrogen) atoms. The number of ketones is 2. The fourth-order valence-electron chi connectivity index (χ4n) is 6.11. The van der Waals surface area contributed by atoms with E-state index < -0.39 is 5.92 Å². The monoisotopic (exact) mass is 621 g/mol. The van der Waals surface area contributed by atoms with Crippen LogP contribution >= 0.6 is 15.9 Å². The maximum Gasteiger partial charge on any atom is 0.262 e. The summed E-state index contributed by atoms with van der Waals surface area (Å²) in [7, 11) is 1.52. The highest BCUT2D eigenvalue weighted by Crippen LogP contribution is 2.54. The first kappa shape index (κ1) is 29.1. The van der Waals surface area contributed by atoms with Crippen molar-refractivity contribution in [3.8, 4) is 11.5 Å². The number of carbonyl (C=O) groups excluding carboxylic acids is 3. The molecule has 7 nitrogen and oxygen atoms in total. The molecule has 2 aliphatic carbocycles. The van der Waals surface area contributed by atoms with Crippen molar-refractivity contribution in [1.82, 2.24) is 0 Å². The summed E-state index contributed by atoms with van der Waals surface area (Å²) in [5, 5.41) is 2.84. The molecule has 216 valence electrons. The highest BCUT2D eigenvalue weighted by atomic mass is 79.9. The van der Waals surface area contributed by atoms with Gasteiger partial charge < -0.3 is 19.5 Å². The lowest BCUT2D eigenvalue weighted by molar-refractivity contribution is -0.120. The number of amides is 1. The summed E-state index contributed by atoms with van der Waals surface area (Å²) in [6.45, 7) is 9.98. The van der Waals surface area contributed by atoms with Crippen molar-refractivity contribution >= 4 is 39.1 Å². The zero-order valence-electron chi connectivity index (χ0n) is 24.4. The molecular weight excluding hydrogens is 586 g/mol. The van der Waals surface area contributed by atoms with Crippen LogP contribution in [0.1, 0.15) is 70.4 Å². The van der Waals surface area contributed by atoms with Crippen LogP contribution < -0.4 is 14.8 Å².